The molecule has 0 unspecified atom stereocenters. The molecule has 0 radical (unpaired) electrons. The van der Waals surface area contributed by atoms with E-state index in [-0.39, 0.29) is 5.91 Å². The average molecular weight is 352 g/mol. The van der Waals surface area contributed by atoms with E-state index in [0.29, 0.717) is 16.7 Å². The predicted molar refractivity (Wildman–Crippen MR) is 104 cm³/mol. The zero-order valence-electron chi connectivity index (χ0n) is 14.3. The first-order valence-corrected chi connectivity index (χ1v) is 9.05. The summed E-state index contributed by atoms with van der Waals surface area (Å²) < 4.78 is 5.57. The molecule has 1 aliphatic heterocycles. The highest BCUT2D eigenvalue weighted by atomic mass is 32.2. The van der Waals surface area contributed by atoms with Gasteiger partial charge in [0.15, 0.2) is 5.17 Å². The minimum absolute atomic E-state index is 0.123. The lowest BCUT2D eigenvalue weighted by atomic mass is 10.2. The molecule has 0 atom stereocenters. The zero-order valence-corrected chi connectivity index (χ0v) is 15.1. The summed E-state index contributed by atoms with van der Waals surface area (Å²) in [6, 6.07) is 15.6. The van der Waals surface area contributed by atoms with E-state index in [2.05, 4.69) is 17.2 Å². The Morgan fingerprint density at radius 3 is 2.52 bits per heavy atom. The van der Waals surface area contributed by atoms with Crippen LogP contribution in [0.15, 0.2) is 58.4 Å². The maximum absolute atomic E-state index is 12.1. The fourth-order valence-electron chi connectivity index (χ4n) is 2.25. The lowest BCUT2D eigenvalue weighted by molar-refractivity contribution is -0.115. The van der Waals surface area contributed by atoms with E-state index in [0.717, 1.165) is 23.4 Å². The number of aliphatic imine (C=N–C) groups is 1. The molecule has 0 aliphatic carbocycles. The second kappa shape index (κ2) is 8.03. The Kier molecular flexibility index (Phi) is 5.56. The second-order valence-electron chi connectivity index (χ2n) is 5.73. The molecule has 0 saturated carbocycles. The third-order valence-electron chi connectivity index (χ3n) is 3.57. The van der Waals surface area contributed by atoms with Crippen LogP contribution in [0.25, 0.3) is 6.08 Å². The van der Waals surface area contributed by atoms with Gasteiger partial charge in [-0.25, -0.2) is 4.99 Å². The summed E-state index contributed by atoms with van der Waals surface area (Å²) >= 11 is 1.35. The van der Waals surface area contributed by atoms with Gasteiger partial charge >= 0.3 is 0 Å². The highest BCUT2D eigenvalue weighted by Gasteiger charge is 2.23. The van der Waals surface area contributed by atoms with Crippen molar-refractivity contribution in [3.8, 4) is 5.75 Å². The van der Waals surface area contributed by atoms with Crippen molar-refractivity contribution in [3.63, 3.8) is 0 Å². The largest absolute Gasteiger partial charge is 0.494 e. The van der Waals surface area contributed by atoms with Gasteiger partial charge in [-0.05, 0) is 61.0 Å². The topological polar surface area (TPSA) is 50.7 Å². The van der Waals surface area contributed by atoms with Crippen LogP contribution in [0.4, 0.5) is 5.69 Å². The molecule has 1 N–H and O–H groups in total. The molecule has 0 spiro atoms. The van der Waals surface area contributed by atoms with Crippen LogP contribution in [0.3, 0.4) is 0 Å². The first-order valence-electron chi connectivity index (χ1n) is 8.23. The molecule has 1 fully saturated rings. The Hall–Kier alpha value is -2.53. The first-order chi connectivity index (χ1) is 12.1. The van der Waals surface area contributed by atoms with Crippen LogP contribution in [0.1, 0.15) is 24.5 Å². The number of carbonyl (C=O) groups is 1. The van der Waals surface area contributed by atoms with Gasteiger partial charge in [-0.2, -0.15) is 0 Å². The third-order valence-corrected chi connectivity index (χ3v) is 4.48. The van der Waals surface area contributed by atoms with Crippen LogP contribution in [0.5, 0.6) is 5.75 Å². The van der Waals surface area contributed by atoms with Crippen molar-refractivity contribution < 1.29 is 9.53 Å². The van der Waals surface area contributed by atoms with Gasteiger partial charge in [-0.15, -0.1) is 0 Å². The van der Waals surface area contributed by atoms with Crippen molar-refractivity contribution in [1.82, 2.24) is 5.32 Å². The number of hydrogen-bond donors (Lipinski definition) is 1. The lowest BCUT2D eigenvalue weighted by Crippen LogP contribution is -2.19. The normalized spacial score (nSPS) is 17.1. The minimum Gasteiger partial charge on any atom is -0.494 e. The van der Waals surface area contributed by atoms with Crippen molar-refractivity contribution in [2.24, 2.45) is 4.99 Å². The number of nitrogens with one attached hydrogen (secondary N) is 1. The summed E-state index contributed by atoms with van der Waals surface area (Å²) in [5.74, 6) is 0.719. The fourth-order valence-corrected chi connectivity index (χ4v) is 3.09. The molecule has 1 aliphatic rings. The molecule has 2 aromatic rings. The smallest absolute Gasteiger partial charge is 0.264 e. The van der Waals surface area contributed by atoms with Gasteiger partial charge in [0.25, 0.3) is 5.91 Å². The minimum atomic E-state index is -0.123. The quantitative estimate of drug-likeness (QED) is 0.795. The number of aryl methyl sites for hydroxylation is 1. The molecule has 128 valence electrons. The SMILES string of the molecule is CCCOc1ccc(/C=C2/SC(=Nc3ccc(C)cc3)NC2=O)cc1. The lowest BCUT2D eigenvalue weighted by Gasteiger charge is -2.04. The number of ether oxygens (including phenoxy) is 1. The van der Waals surface area contributed by atoms with Crippen molar-refractivity contribution in [1.29, 1.82) is 0 Å². The molecular weight excluding hydrogens is 332 g/mol. The van der Waals surface area contributed by atoms with Crippen molar-refractivity contribution in [2.45, 2.75) is 20.3 Å². The third kappa shape index (κ3) is 4.73. The van der Waals surface area contributed by atoms with E-state index in [9.17, 15) is 4.79 Å². The average Bonchev–Trinajstić information content (AvgIpc) is 2.95. The molecule has 1 heterocycles. The van der Waals surface area contributed by atoms with Gasteiger partial charge < -0.3 is 10.1 Å². The van der Waals surface area contributed by atoms with E-state index in [1.807, 2.05) is 61.5 Å². The molecule has 5 heteroatoms. The van der Waals surface area contributed by atoms with Gasteiger partial charge in [0.2, 0.25) is 0 Å². The van der Waals surface area contributed by atoms with Crippen LogP contribution in [0.2, 0.25) is 0 Å². The molecule has 1 saturated heterocycles. The molecule has 2 aromatic carbocycles. The summed E-state index contributed by atoms with van der Waals surface area (Å²) in [5.41, 5.74) is 2.96. The molecule has 1 amide bonds. The highest BCUT2D eigenvalue weighted by molar-refractivity contribution is 8.18. The van der Waals surface area contributed by atoms with E-state index in [4.69, 9.17) is 4.74 Å². The summed E-state index contributed by atoms with van der Waals surface area (Å²) in [5, 5.41) is 3.41. The van der Waals surface area contributed by atoms with Crippen molar-refractivity contribution >= 4 is 34.6 Å². The Bertz CT molecular complexity index is 809. The number of amidine groups is 1. The standard InChI is InChI=1S/C20H20N2O2S/c1-3-12-24-17-10-6-15(7-11-17)13-18-19(23)22-20(25-18)21-16-8-4-14(2)5-9-16/h4-11,13H,3,12H2,1-2H3,(H,21,22,23)/b18-13+. The number of benzene rings is 2. The van der Waals surface area contributed by atoms with Crippen LogP contribution in [0, 0.1) is 6.92 Å². The highest BCUT2D eigenvalue weighted by Crippen LogP contribution is 2.28. The number of nitrogens with zero attached hydrogens (tertiary/aromatic N) is 1. The van der Waals surface area contributed by atoms with Gasteiger partial charge in [0, 0.05) is 0 Å². The Labute approximate surface area is 152 Å². The van der Waals surface area contributed by atoms with Crippen LogP contribution in [-0.4, -0.2) is 17.7 Å². The summed E-state index contributed by atoms with van der Waals surface area (Å²) in [6.45, 7) is 4.81. The van der Waals surface area contributed by atoms with Crippen molar-refractivity contribution in [2.75, 3.05) is 6.61 Å². The second-order valence-corrected chi connectivity index (χ2v) is 6.77. The van der Waals surface area contributed by atoms with E-state index >= 15 is 0 Å². The fraction of sp³-hybridized carbons (Fsp3) is 0.200. The predicted octanol–water partition coefficient (Wildman–Crippen LogP) is 4.68. The van der Waals surface area contributed by atoms with E-state index < -0.39 is 0 Å². The molecule has 0 aromatic heterocycles. The number of thioether (sulfide) groups is 1. The molecule has 25 heavy (non-hydrogen) atoms. The Balaban J connectivity index is 1.71. The van der Waals surface area contributed by atoms with Crippen LogP contribution in [-0.2, 0) is 4.79 Å². The summed E-state index contributed by atoms with van der Waals surface area (Å²) in [6.07, 6.45) is 2.84. The van der Waals surface area contributed by atoms with Crippen molar-refractivity contribution in [3.05, 3.63) is 64.6 Å². The number of amides is 1. The number of carbonyl (C=O) groups excluding carboxylic acids is 1. The number of hydrogen-bond acceptors (Lipinski definition) is 4. The zero-order chi connectivity index (χ0) is 17.6. The van der Waals surface area contributed by atoms with E-state index in [1.54, 1.807) is 0 Å². The van der Waals surface area contributed by atoms with Gasteiger partial charge in [0.1, 0.15) is 5.75 Å². The maximum atomic E-state index is 12.1. The molecule has 4 nitrogen and oxygen atoms in total. The van der Waals surface area contributed by atoms with Gasteiger partial charge in [-0.3, -0.25) is 4.79 Å². The van der Waals surface area contributed by atoms with Gasteiger partial charge in [-0.1, -0.05) is 36.8 Å². The van der Waals surface area contributed by atoms with Crippen LogP contribution < -0.4 is 10.1 Å². The first kappa shape index (κ1) is 17.3. The summed E-state index contributed by atoms with van der Waals surface area (Å²) in [7, 11) is 0. The van der Waals surface area contributed by atoms with Crippen LogP contribution >= 0.6 is 11.8 Å². The number of rotatable bonds is 5. The maximum Gasteiger partial charge on any atom is 0.264 e. The molecule has 0 bridgehead atoms. The Morgan fingerprint density at radius 2 is 1.84 bits per heavy atom. The Morgan fingerprint density at radius 1 is 1.12 bits per heavy atom. The molecular formula is C20H20N2O2S. The van der Waals surface area contributed by atoms with E-state index in [1.165, 1.54) is 17.3 Å². The van der Waals surface area contributed by atoms with Gasteiger partial charge in [0.05, 0.1) is 17.2 Å². The summed E-state index contributed by atoms with van der Waals surface area (Å²) in [4.78, 5) is 17.2. The monoisotopic (exact) mass is 352 g/mol. The molecule has 3 rings (SSSR count).